The Labute approximate surface area is 133 Å². The van der Waals surface area contributed by atoms with Gasteiger partial charge in [-0.2, -0.15) is 0 Å². The van der Waals surface area contributed by atoms with E-state index in [2.05, 4.69) is 26.2 Å². The zero-order chi connectivity index (χ0) is 14.7. The number of thiazole rings is 1. The topological polar surface area (TPSA) is 51.2 Å². The van der Waals surface area contributed by atoms with Gasteiger partial charge in [-0.3, -0.25) is 10.1 Å². The summed E-state index contributed by atoms with van der Waals surface area (Å²) in [5.74, 6) is 0.426. The number of hydrogen-bond acceptors (Lipinski definition) is 4. The number of para-hydroxylation sites is 1. The fourth-order valence-corrected chi connectivity index (χ4v) is 2.91. The van der Waals surface area contributed by atoms with Crippen molar-refractivity contribution in [2.75, 3.05) is 11.9 Å². The molecule has 106 valence electrons. The van der Waals surface area contributed by atoms with Crippen molar-refractivity contribution < 1.29 is 9.53 Å². The van der Waals surface area contributed by atoms with Gasteiger partial charge in [-0.25, -0.2) is 4.98 Å². The van der Waals surface area contributed by atoms with E-state index >= 15 is 0 Å². The fraction of sp³-hybridized carbons (Fsp3) is 0.0667. The summed E-state index contributed by atoms with van der Waals surface area (Å²) in [4.78, 5) is 16.2. The first-order valence-corrected chi connectivity index (χ1v) is 7.85. The van der Waals surface area contributed by atoms with Crippen LogP contribution < -0.4 is 10.1 Å². The molecule has 1 N–H and O–H groups in total. The Hall–Kier alpha value is -1.92. The summed E-state index contributed by atoms with van der Waals surface area (Å²) < 4.78 is 7.42. The molecule has 3 rings (SSSR count). The molecule has 0 radical (unpaired) electrons. The molecule has 0 spiro atoms. The highest BCUT2D eigenvalue weighted by molar-refractivity contribution is 9.10. The van der Waals surface area contributed by atoms with Gasteiger partial charge in [-0.15, -0.1) is 0 Å². The van der Waals surface area contributed by atoms with Crippen LogP contribution in [0.15, 0.2) is 53.0 Å². The van der Waals surface area contributed by atoms with E-state index in [-0.39, 0.29) is 12.5 Å². The summed E-state index contributed by atoms with van der Waals surface area (Å²) in [6.07, 6.45) is 0. The Bertz CT molecular complexity index is 738. The lowest BCUT2D eigenvalue weighted by Gasteiger charge is -2.05. The van der Waals surface area contributed by atoms with Crippen LogP contribution in [0.2, 0.25) is 0 Å². The van der Waals surface area contributed by atoms with Gasteiger partial charge < -0.3 is 4.74 Å². The number of carbonyl (C=O) groups is 1. The standard InChI is InChI=1S/C15H11BrN2O2S/c16-10-5-7-11(8-6-10)20-9-14(19)18-15-17-12-3-1-2-4-13(12)21-15/h1-8H,9H2,(H,17,18,19). The predicted molar refractivity (Wildman–Crippen MR) is 87.9 cm³/mol. The number of nitrogens with zero attached hydrogens (tertiary/aromatic N) is 1. The number of amides is 1. The van der Waals surface area contributed by atoms with E-state index in [0.29, 0.717) is 10.9 Å². The number of nitrogens with one attached hydrogen (secondary N) is 1. The molecule has 0 atom stereocenters. The SMILES string of the molecule is O=C(COc1ccc(Br)cc1)Nc1nc2ccccc2s1. The first-order chi connectivity index (χ1) is 10.2. The third kappa shape index (κ3) is 3.59. The average Bonchev–Trinajstić information content (AvgIpc) is 2.88. The van der Waals surface area contributed by atoms with Crippen molar-refractivity contribution in [2.24, 2.45) is 0 Å². The molecule has 21 heavy (non-hydrogen) atoms. The molecular weight excluding hydrogens is 352 g/mol. The van der Waals surface area contributed by atoms with E-state index in [1.165, 1.54) is 11.3 Å². The highest BCUT2D eigenvalue weighted by atomic mass is 79.9. The Morgan fingerprint density at radius 1 is 1.19 bits per heavy atom. The zero-order valence-electron chi connectivity index (χ0n) is 10.9. The first-order valence-electron chi connectivity index (χ1n) is 6.24. The molecule has 1 heterocycles. The fourth-order valence-electron chi connectivity index (χ4n) is 1.76. The molecule has 0 unspecified atom stereocenters. The Morgan fingerprint density at radius 3 is 2.71 bits per heavy atom. The summed E-state index contributed by atoms with van der Waals surface area (Å²) in [5.41, 5.74) is 0.881. The van der Waals surface area contributed by atoms with Gasteiger partial charge in [-0.05, 0) is 36.4 Å². The maximum atomic E-state index is 11.9. The quantitative estimate of drug-likeness (QED) is 0.760. The molecule has 0 aliphatic rings. The molecule has 0 aliphatic heterocycles. The number of fused-ring (bicyclic) bond motifs is 1. The van der Waals surface area contributed by atoms with Crippen LogP contribution in [0.4, 0.5) is 5.13 Å². The summed E-state index contributed by atoms with van der Waals surface area (Å²) in [7, 11) is 0. The average molecular weight is 363 g/mol. The van der Waals surface area contributed by atoms with Gasteiger partial charge in [0.15, 0.2) is 11.7 Å². The van der Waals surface area contributed by atoms with Crippen LogP contribution >= 0.6 is 27.3 Å². The largest absolute Gasteiger partial charge is 0.484 e. The Balaban J connectivity index is 1.59. The van der Waals surface area contributed by atoms with E-state index < -0.39 is 0 Å². The smallest absolute Gasteiger partial charge is 0.264 e. The minimum Gasteiger partial charge on any atom is -0.484 e. The molecule has 3 aromatic rings. The van der Waals surface area contributed by atoms with E-state index in [9.17, 15) is 4.79 Å². The van der Waals surface area contributed by atoms with Crippen LogP contribution in [0.3, 0.4) is 0 Å². The van der Waals surface area contributed by atoms with Crippen LogP contribution in [0.25, 0.3) is 10.2 Å². The highest BCUT2D eigenvalue weighted by Gasteiger charge is 2.08. The van der Waals surface area contributed by atoms with Crippen molar-refractivity contribution in [2.45, 2.75) is 0 Å². The van der Waals surface area contributed by atoms with Crippen LogP contribution in [-0.4, -0.2) is 17.5 Å². The number of rotatable bonds is 4. The predicted octanol–water partition coefficient (Wildman–Crippen LogP) is 4.08. The molecular formula is C15H11BrN2O2S. The lowest BCUT2D eigenvalue weighted by Crippen LogP contribution is -2.19. The van der Waals surface area contributed by atoms with Crippen molar-refractivity contribution in [3.05, 3.63) is 53.0 Å². The van der Waals surface area contributed by atoms with Gasteiger partial charge in [0, 0.05) is 4.47 Å². The van der Waals surface area contributed by atoms with E-state index in [0.717, 1.165) is 14.7 Å². The number of carbonyl (C=O) groups excluding carboxylic acids is 1. The third-order valence-corrected chi connectivity index (χ3v) is 4.20. The summed E-state index contributed by atoms with van der Waals surface area (Å²) >= 11 is 4.79. The third-order valence-electron chi connectivity index (χ3n) is 2.72. The van der Waals surface area contributed by atoms with Crippen LogP contribution in [-0.2, 0) is 4.79 Å². The number of aromatic nitrogens is 1. The van der Waals surface area contributed by atoms with Gasteiger partial charge in [-0.1, -0.05) is 39.4 Å². The number of benzene rings is 2. The molecule has 1 amide bonds. The van der Waals surface area contributed by atoms with E-state index in [1.54, 1.807) is 12.1 Å². The normalized spacial score (nSPS) is 10.5. The lowest BCUT2D eigenvalue weighted by molar-refractivity contribution is -0.118. The molecule has 0 aliphatic carbocycles. The number of hydrogen-bond donors (Lipinski definition) is 1. The van der Waals surface area contributed by atoms with Crippen molar-refractivity contribution >= 4 is 48.5 Å². The van der Waals surface area contributed by atoms with Crippen molar-refractivity contribution in [1.29, 1.82) is 0 Å². The monoisotopic (exact) mass is 362 g/mol. The first kappa shape index (κ1) is 14.0. The number of ether oxygens (including phenoxy) is 1. The van der Waals surface area contributed by atoms with Crippen molar-refractivity contribution in [1.82, 2.24) is 4.98 Å². The molecule has 0 fully saturated rings. The van der Waals surface area contributed by atoms with Gasteiger partial charge in [0.2, 0.25) is 0 Å². The lowest BCUT2D eigenvalue weighted by atomic mass is 10.3. The van der Waals surface area contributed by atoms with Gasteiger partial charge in [0.1, 0.15) is 5.75 Å². The number of anilines is 1. The second-order valence-electron chi connectivity index (χ2n) is 4.28. The van der Waals surface area contributed by atoms with Crippen LogP contribution in [0.1, 0.15) is 0 Å². The Kier molecular flexibility index (Phi) is 4.17. The summed E-state index contributed by atoms with van der Waals surface area (Å²) in [6.45, 7) is -0.0441. The van der Waals surface area contributed by atoms with E-state index in [1.807, 2.05) is 36.4 Å². The van der Waals surface area contributed by atoms with Crippen molar-refractivity contribution in [3.63, 3.8) is 0 Å². The Morgan fingerprint density at radius 2 is 1.95 bits per heavy atom. The summed E-state index contributed by atoms with van der Waals surface area (Å²) in [5, 5.41) is 3.33. The second-order valence-corrected chi connectivity index (χ2v) is 6.22. The molecule has 0 saturated carbocycles. The highest BCUT2D eigenvalue weighted by Crippen LogP contribution is 2.25. The van der Waals surface area contributed by atoms with Crippen LogP contribution in [0, 0.1) is 0 Å². The maximum absolute atomic E-state index is 11.9. The van der Waals surface area contributed by atoms with Gasteiger partial charge in [0.05, 0.1) is 10.2 Å². The number of halogens is 1. The van der Waals surface area contributed by atoms with Crippen molar-refractivity contribution in [3.8, 4) is 5.75 Å². The van der Waals surface area contributed by atoms with Gasteiger partial charge in [0.25, 0.3) is 5.91 Å². The van der Waals surface area contributed by atoms with Gasteiger partial charge >= 0.3 is 0 Å². The minimum atomic E-state index is -0.225. The van der Waals surface area contributed by atoms with E-state index in [4.69, 9.17) is 4.74 Å². The minimum absolute atomic E-state index is 0.0441. The molecule has 0 saturated heterocycles. The van der Waals surface area contributed by atoms with Crippen LogP contribution in [0.5, 0.6) is 5.75 Å². The molecule has 2 aromatic carbocycles. The summed E-state index contributed by atoms with van der Waals surface area (Å²) in [6, 6.07) is 15.1. The second kappa shape index (κ2) is 6.24. The molecule has 0 bridgehead atoms. The molecule has 1 aromatic heterocycles. The molecule has 6 heteroatoms. The maximum Gasteiger partial charge on any atom is 0.264 e. The zero-order valence-corrected chi connectivity index (χ0v) is 13.3. The molecule has 4 nitrogen and oxygen atoms in total.